The Hall–Kier alpha value is -3.88. The number of carboxylic acid groups (broad SMARTS) is 1. The van der Waals surface area contributed by atoms with Gasteiger partial charge in [-0.25, -0.2) is 15.0 Å². The summed E-state index contributed by atoms with van der Waals surface area (Å²) < 4.78 is 0. The fourth-order valence-corrected chi connectivity index (χ4v) is 3.06. The lowest BCUT2D eigenvalue weighted by molar-refractivity contribution is -0.121. The predicted molar refractivity (Wildman–Crippen MR) is 115 cm³/mol. The first-order valence-corrected chi connectivity index (χ1v) is 9.41. The molecule has 0 saturated carbocycles. The van der Waals surface area contributed by atoms with Crippen molar-refractivity contribution in [1.82, 2.24) is 5.43 Å². The predicted octanol–water partition coefficient (Wildman–Crippen LogP) is 3.50. The first-order chi connectivity index (χ1) is 14.3. The molecule has 0 bridgehead atoms. The molecule has 0 saturated heterocycles. The first-order valence-electron chi connectivity index (χ1n) is 9.41. The lowest BCUT2D eigenvalue weighted by atomic mass is 9.94. The minimum atomic E-state index is -1.09. The van der Waals surface area contributed by atoms with E-state index in [1.54, 1.807) is 30.3 Å². The fourth-order valence-electron chi connectivity index (χ4n) is 3.06. The summed E-state index contributed by atoms with van der Waals surface area (Å²) in [4.78, 5) is 35.9. The zero-order valence-electron chi connectivity index (χ0n) is 16.7. The first kappa shape index (κ1) is 20.8. The van der Waals surface area contributed by atoms with Crippen LogP contribution >= 0.6 is 0 Å². The summed E-state index contributed by atoms with van der Waals surface area (Å²) in [5.41, 5.74) is 5.87. The van der Waals surface area contributed by atoms with E-state index in [9.17, 15) is 14.4 Å². The number of carbonyl (C=O) groups excluding carboxylic acids is 2. The average Bonchev–Trinajstić information content (AvgIpc) is 2.70. The third-order valence-corrected chi connectivity index (χ3v) is 4.73. The third kappa shape index (κ3) is 5.34. The molecule has 3 rings (SSSR count). The number of hydrazone groups is 1. The van der Waals surface area contributed by atoms with E-state index in [1.165, 1.54) is 7.05 Å². The van der Waals surface area contributed by atoms with Crippen LogP contribution in [0.15, 0.2) is 53.6 Å². The minimum absolute atomic E-state index is 0.0647. The molecule has 4 amide bonds. The molecule has 0 aliphatic carbocycles. The highest BCUT2D eigenvalue weighted by molar-refractivity contribution is 6.00. The molecule has 30 heavy (non-hydrogen) atoms. The van der Waals surface area contributed by atoms with Crippen molar-refractivity contribution in [2.75, 3.05) is 22.6 Å². The van der Waals surface area contributed by atoms with Crippen molar-refractivity contribution in [2.24, 2.45) is 11.0 Å². The molecule has 4 N–H and O–H groups in total. The van der Waals surface area contributed by atoms with E-state index >= 15 is 0 Å². The summed E-state index contributed by atoms with van der Waals surface area (Å²) in [7, 11) is 1.43. The van der Waals surface area contributed by atoms with E-state index in [0.29, 0.717) is 29.9 Å². The van der Waals surface area contributed by atoms with E-state index in [0.717, 1.165) is 16.2 Å². The summed E-state index contributed by atoms with van der Waals surface area (Å²) in [6.07, 6.45) is -0.109. The Balaban J connectivity index is 1.64. The number of anilines is 3. The van der Waals surface area contributed by atoms with Crippen LogP contribution in [-0.4, -0.2) is 35.9 Å². The van der Waals surface area contributed by atoms with Gasteiger partial charge in [0.25, 0.3) is 0 Å². The van der Waals surface area contributed by atoms with Crippen LogP contribution in [-0.2, 0) is 11.2 Å². The second-order valence-corrected chi connectivity index (χ2v) is 7.09. The largest absolute Gasteiger partial charge is 0.465 e. The number of carbonyl (C=O) groups is 3. The summed E-state index contributed by atoms with van der Waals surface area (Å²) >= 11 is 0. The summed E-state index contributed by atoms with van der Waals surface area (Å²) in [5.74, 6) is -0.0215. The molecule has 1 aliphatic heterocycles. The number of rotatable bonds is 5. The highest BCUT2D eigenvalue weighted by Crippen LogP contribution is 2.20. The molecule has 2 aromatic rings. The quantitative estimate of drug-likeness (QED) is 0.603. The maximum atomic E-state index is 12.4. The molecule has 0 spiro atoms. The van der Waals surface area contributed by atoms with Gasteiger partial charge in [0, 0.05) is 48.6 Å². The van der Waals surface area contributed by atoms with Gasteiger partial charge in [0.1, 0.15) is 0 Å². The number of urea groups is 1. The molecule has 0 fully saturated rings. The van der Waals surface area contributed by atoms with Crippen LogP contribution in [0.5, 0.6) is 0 Å². The number of amides is 4. The number of hydrogen-bond donors (Lipinski definition) is 4. The van der Waals surface area contributed by atoms with Gasteiger partial charge in [0.2, 0.25) is 5.91 Å². The van der Waals surface area contributed by atoms with Crippen LogP contribution in [0.3, 0.4) is 0 Å². The van der Waals surface area contributed by atoms with Crippen molar-refractivity contribution in [3.63, 3.8) is 0 Å². The monoisotopic (exact) mass is 409 g/mol. The van der Waals surface area contributed by atoms with Crippen LogP contribution in [0.4, 0.5) is 26.7 Å². The van der Waals surface area contributed by atoms with E-state index in [-0.39, 0.29) is 11.8 Å². The van der Waals surface area contributed by atoms with Gasteiger partial charge in [-0.15, -0.1) is 0 Å². The molecule has 1 atom stereocenters. The van der Waals surface area contributed by atoms with Gasteiger partial charge in [0.05, 0.1) is 0 Å². The molecule has 1 unspecified atom stereocenters. The Labute approximate surface area is 173 Å². The highest BCUT2D eigenvalue weighted by atomic mass is 16.4. The summed E-state index contributed by atoms with van der Waals surface area (Å²) in [6, 6.07) is 13.5. The van der Waals surface area contributed by atoms with Crippen molar-refractivity contribution in [1.29, 1.82) is 0 Å². The lowest BCUT2D eigenvalue weighted by Gasteiger charge is -2.19. The highest BCUT2D eigenvalue weighted by Gasteiger charge is 2.20. The molecule has 9 nitrogen and oxygen atoms in total. The zero-order chi connectivity index (χ0) is 21.7. The second kappa shape index (κ2) is 9.08. The molecule has 0 aromatic heterocycles. The van der Waals surface area contributed by atoms with Crippen LogP contribution in [0, 0.1) is 5.92 Å². The van der Waals surface area contributed by atoms with Gasteiger partial charge in [-0.1, -0.05) is 25.1 Å². The summed E-state index contributed by atoms with van der Waals surface area (Å²) in [6.45, 7) is 1.96. The van der Waals surface area contributed by atoms with Crippen LogP contribution < -0.4 is 21.0 Å². The zero-order valence-corrected chi connectivity index (χ0v) is 16.7. The Kier molecular flexibility index (Phi) is 6.31. The third-order valence-electron chi connectivity index (χ3n) is 4.73. The second-order valence-electron chi connectivity index (χ2n) is 7.09. The standard InChI is InChI=1S/C21H23N5O4/c1-13-9-19(27)25-24-18(13)11-14-5-3-6-15(10-14)22-20(28)23-16-7-4-8-17(12-16)26(2)21(29)30/h3-8,10,12-13H,9,11H2,1-2H3,(H,25,27)(H,29,30)(H2,22,23,28). The summed E-state index contributed by atoms with van der Waals surface area (Å²) in [5, 5.41) is 18.7. The number of nitrogens with zero attached hydrogens (tertiary/aromatic N) is 2. The maximum Gasteiger partial charge on any atom is 0.411 e. The Morgan fingerprint density at radius 1 is 1.17 bits per heavy atom. The van der Waals surface area contributed by atoms with Gasteiger partial charge >= 0.3 is 12.1 Å². The van der Waals surface area contributed by atoms with Gasteiger partial charge in [-0.3, -0.25) is 9.69 Å². The Morgan fingerprint density at radius 2 is 1.83 bits per heavy atom. The van der Waals surface area contributed by atoms with Gasteiger partial charge in [-0.05, 0) is 35.9 Å². The van der Waals surface area contributed by atoms with Crippen molar-refractivity contribution < 1.29 is 19.5 Å². The number of hydrogen-bond acceptors (Lipinski definition) is 4. The van der Waals surface area contributed by atoms with Gasteiger partial charge in [-0.2, -0.15) is 5.10 Å². The van der Waals surface area contributed by atoms with E-state index in [1.807, 2.05) is 25.1 Å². The molecule has 2 aromatic carbocycles. The average molecular weight is 409 g/mol. The van der Waals surface area contributed by atoms with Crippen molar-refractivity contribution in [3.8, 4) is 0 Å². The van der Waals surface area contributed by atoms with E-state index < -0.39 is 12.1 Å². The number of benzene rings is 2. The maximum absolute atomic E-state index is 12.4. The van der Waals surface area contributed by atoms with E-state index in [4.69, 9.17) is 5.11 Å². The van der Waals surface area contributed by atoms with Crippen LogP contribution in [0.2, 0.25) is 0 Å². The molecule has 1 aliphatic rings. The Bertz CT molecular complexity index is 1000. The van der Waals surface area contributed by atoms with Gasteiger partial charge in [0.15, 0.2) is 0 Å². The van der Waals surface area contributed by atoms with Crippen LogP contribution in [0.1, 0.15) is 18.9 Å². The fraction of sp³-hybridized carbons (Fsp3) is 0.238. The normalized spacial score (nSPS) is 15.6. The topological polar surface area (TPSA) is 123 Å². The molecule has 9 heteroatoms. The van der Waals surface area contributed by atoms with Crippen molar-refractivity contribution >= 4 is 40.8 Å². The van der Waals surface area contributed by atoms with Crippen molar-refractivity contribution in [2.45, 2.75) is 19.8 Å². The van der Waals surface area contributed by atoms with Gasteiger partial charge < -0.3 is 15.7 Å². The molecule has 0 radical (unpaired) electrons. The molecule has 1 heterocycles. The smallest absolute Gasteiger partial charge is 0.411 e. The SMILES string of the molecule is CC1CC(=O)NN=C1Cc1cccc(NC(=O)Nc2cccc(N(C)C(=O)O)c2)c1. The Morgan fingerprint density at radius 3 is 2.50 bits per heavy atom. The number of nitrogens with one attached hydrogen (secondary N) is 3. The van der Waals surface area contributed by atoms with Crippen molar-refractivity contribution in [3.05, 3.63) is 54.1 Å². The molecular formula is C21H23N5O4. The molecule has 156 valence electrons. The lowest BCUT2D eigenvalue weighted by Crippen LogP contribution is -2.32. The van der Waals surface area contributed by atoms with Crippen LogP contribution in [0.25, 0.3) is 0 Å². The minimum Gasteiger partial charge on any atom is -0.465 e. The molecular weight excluding hydrogens is 386 g/mol. The van der Waals surface area contributed by atoms with E-state index in [2.05, 4.69) is 21.2 Å².